The summed E-state index contributed by atoms with van der Waals surface area (Å²) in [5.74, 6) is 0. The highest BCUT2D eigenvalue weighted by atomic mass is 79.9. The highest BCUT2D eigenvalue weighted by Crippen LogP contribution is 2.36. The van der Waals surface area contributed by atoms with Crippen LogP contribution in [0.25, 0.3) is 0 Å². The van der Waals surface area contributed by atoms with Crippen LogP contribution < -0.4 is 5.32 Å². The first-order chi connectivity index (χ1) is 7.71. The van der Waals surface area contributed by atoms with E-state index in [4.69, 9.17) is 0 Å². The monoisotopic (exact) mass is 310 g/mol. The van der Waals surface area contributed by atoms with Crippen molar-refractivity contribution in [3.63, 3.8) is 0 Å². The highest BCUT2D eigenvalue weighted by molar-refractivity contribution is 9.10. The molecule has 0 spiro atoms. The van der Waals surface area contributed by atoms with Crippen LogP contribution >= 0.6 is 15.9 Å². The Morgan fingerprint density at radius 3 is 2.41 bits per heavy atom. The lowest BCUT2D eigenvalue weighted by Gasteiger charge is -2.14. The lowest BCUT2D eigenvalue weighted by Crippen LogP contribution is -2.27. The van der Waals surface area contributed by atoms with E-state index in [-0.39, 0.29) is 10.2 Å². The van der Waals surface area contributed by atoms with Gasteiger partial charge in [-0.25, -0.2) is 4.79 Å². The Bertz CT molecular complexity index is 432. The van der Waals surface area contributed by atoms with Gasteiger partial charge in [0.1, 0.15) is 0 Å². The van der Waals surface area contributed by atoms with Crippen LogP contribution in [-0.2, 0) is 6.18 Å². The largest absolute Gasteiger partial charge is 0.417 e. The van der Waals surface area contributed by atoms with E-state index in [1.807, 2.05) is 0 Å². The van der Waals surface area contributed by atoms with Crippen molar-refractivity contribution in [2.45, 2.75) is 6.18 Å². The molecule has 0 aliphatic carbocycles. The number of carbonyl (C=O) groups excluding carboxylic acids is 1. The van der Waals surface area contributed by atoms with Crippen LogP contribution in [-0.4, -0.2) is 25.0 Å². The SMILES string of the molecule is CN(C)C(=O)Nc1ccc(Br)c(C(F)(F)F)c1. The number of benzene rings is 1. The number of anilines is 1. The van der Waals surface area contributed by atoms with Crippen molar-refractivity contribution in [3.8, 4) is 0 Å². The van der Waals surface area contributed by atoms with Crippen LogP contribution in [0, 0.1) is 0 Å². The van der Waals surface area contributed by atoms with Crippen LogP contribution in [0.3, 0.4) is 0 Å². The second-order valence-corrected chi connectivity index (χ2v) is 4.37. The normalized spacial score (nSPS) is 11.2. The number of halogens is 4. The topological polar surface area (TPSA) is 32.3 Å². The van der Waals surface area contributed by atoms with Gasteiger partial charge >= 0.3 is 12.2 Å². The summed E-state index contributed by atoms with van der Waals surface area (Å²) in [7, 11) is 3.00. The molecule has 3 nitrogen and oxygen atoms in total. The number of hydrogen-bond donors (Lipinski definition) is 1. The fourth-order valence-corrected chi connectivity index (χ4v) is 1.53. The number of hydrogen-bond acceptors (Lipinski definition) is 1. The molecule has 94 valence electrons. The summed E-state index contributed by atoms with van der Waals surface area (Å²) in [5, 5.41) is 2.35. The Morgan fingerprint density at radius 2 is 1.94 bits per heavy atom. The third-order valence-corrected chi connectivity index (χ3v) is 2.62. The molecule has 1 aromatic carbocycles. The average Bonchev–Trinajstić information content (AvgIpc) is 2.19. The molecule has 0 atom stereocenters. The molecule has 0 radical (unpaired) electrons. The minimum atomic E-state index is -4.46. The van der Waals surface area contributed by atoms with Crippen LogP contribution in [0.5, 0.6) is 0 Å². The van der Waals surface area contributed by atoms with Crippen molar-refractivity contribution in [3.05, 3.63) is 28.2 Å². The maximum Gasteiger partial charge on any atom is 0.417 e. The van der Waals surface area contributed by atoms with E-state index in [9.17, 15) is 18.0 Å². The van der Waals surface area contributed by atoms with E-state index < -0.39 is 17.8 Å². The second-order valence-electron chi connectivity index (χ2n) is 3.52. The van der Waals surface area contributed by atoms with Gasteiger partial charge in [0.25, 0.3) is 0 Å². The molecule has 0 aliphatic heterocycles. The number of amides is 2. The van der Waals surface area contributed by atoms with Gasteiger partial charge in [0, 0.05) is 24.3 Å². The first kappa shape index (κ1) is 13.8. The number of rotatable bonds is 1. The zero-order valence-corrected chi connectivity index (χ0v) is 10.7. The molecule has 0 saturated heterocycles. The van der Waals surface area contributed by atoms with Crippen molar-refractivity contribution in [2.24, 2.45) is 0 Å². The van der Waals surface area contributed by atoms with Crippen molar-refractivity contribution in [1.29, 1.82) is 0 Å². The molecule has 0 saturated carbocycles. The van der Waals surface area contributed by atoms with Crippen molar-refractivity contribution in [2.75, 3.05) is 19.4 Å². The Kier molecular flexibility index (Phi) is 4.03. The third-order valence-electron chi connectivity index (χ3n) is 1.93. The summed E-state index contributed by atoms with van der Waals surface area (Å²) in [6, 6.07) is 3.03. The van der Waals surface area contributed by atoms with Crippen molar-refractivity contribution < 1.29 is 18.0 Å². The smallest absolute Gasteiger partial charge is 0.331 e. The summed E-state index contributed by atoms with van der Waals surface area (Å²) >= 11 is 2.82. The van der Waals surface area contributed by atoms with Crippen molar-refractivity contribution >= 4 is 27.6 Å². The van der Waals surface area contributed by atoms with Gasteiger partial charge in [0.15, 0.2) is 0 Å². The molecule has 0 fully saturated rings. The van der Waals surface area contributed by atoms with Gasteiger partial charge in [-0.15, -0.1) is 0 Å². The van der Waals surface area contributed by atoms with E-state index in [2.05, 4.69) is 21.2 Å². The Labute approximate surface area is 105 Å². The zero-order valence-electron chi connectivity index (χ0n) is 9.10. The average molecular weight is 311 g/mol. The lowest BCUT2D eigenvalue weighted by molar-refractivity contribution is -0.138. The van der Waals surface area contributed by atoms with Gasteiger partial charge in [-0.1, -0.05) is 15.9 Å². The maximum atomic E-state index is 12.6. The molecule has 1 N–H and O–H groups in total. The molecule has 0 aliphatic rings. The number of nitrogens with one attached hydrogen (secondary N) is 1. The van der Waals surface area contributed by atoms with Gasteiger partial charge in [-0.3, -0.25) is 0 Å². The first-order valence-corrected chi connectivity index (χ1v) is 5.36. The predicted octanol–water partition coefficient (Wildman–Crippen LogP) is 3.56. The summed E-state index contributed by atoms with van der Waals surface area (Å²) in [6.07, 6.45) is -4.46. The van der Waals surface area contributed by atoms with E-state index in [0.717, 1.165) is 6.07 Å². The maximum absolute atomic E-state index is 12.6. The van der Waals surface area contributed by atoms with Crippen LogP contribution in [0.2, 0.25) is 0 Å². The van der Waals surface area contributed by atoms with Crippen molar-refractivity contribution in [1.82, 2.24) is 4.90 Å². The lowest BCUT2D eigenvalue weighted by atomic mass is 10.2. The second kappa shape index (κ2) is 4.95. The summed E-state index contributed by atoms with van der Waals surface area (Å²) in [6.45, 7) is 0. The molecule has 0 unspecified atom stereocenters. The molecule has 17 heavy (non-hydrogen) atoms. The van der Waals surface area contributed by atoms with Crippen LogP contribution in [0.4, 0.5) is 23.7 Å². The molecule has 1 aromatic rings. The molecule has 2 amide bonds. The third kappa shape index (κ3) is 3.62. The Balaban J connectivity index is 3.01. The van der Waals surface area contributed by atoms with Crippen LogP contribution in [0.1, 0.15) is 5.56 Å². The van der Waals surface area contributed by atoms with Gasteiger partial charge in [-0.05, 0) is 18.2 Å². The molecule has 7 heteroatoms. The number of urea groups is 1. The first-order valence-electron chi connectivity index (χ1n) is 4.57. The van der Waals surface area contributed by atoms with Gasteiger partial charge < -0.3 is 10.2 Å². The Morgan fingerprint density at radius 1 is 1.35 bits per heavy atom. The van der Waals surface area contributed by atoms with E-state index >= 15 is 0 Å². The van der Waals surface area contributed by atoms with E-state index in [1.165, 1.54) is 31.1 Å². The van der Waals surface area contributed by atoms with E-state index in [0.29, 0.717) is 0 Å². The molecule has 0 aromatic heterocycles. The Hall–Kier alpha value is -1.24. The number of carbonyl (C=O) groups is 1. The molecule has 1 rings (SSSR count). The van der Waals surface area contributed by atoms with Gasteiger partial charge in [0.05, 0.1) is 5.56 Å². The fraction of sp³-hybridized carbons (Fsp3) is 0.300. The standard InChI is InChI=1S/C10H10BrF3N2O/c1-16(2)9(17)15-6-3-4-8(11)7(5-6)10(12,13)14/h3-5H,1-2H3,(H,15,17). The minimum absolute atomic E-state index is 0.0622. The number of alkyl halides is 3. The summed E-state index contributed by atoms with van der Waals surface area (Å²) in [5.41, 5.74) is -0.728. The fourth-order valence-electron chi connectivity index (χ4n) is 1.06. The summed E-state index contributed by atoms with van der Waals surface area (Å²) < 4.78 is 37.7. The number of nitrogens with zero attached hydrogens (tertiary/aromatic N) is 1. The predicted molar refractivity (Wildman–Crippen MR) is 61.8 cm³/mol. The molecular weight excluding hydrogens is 301 g/mol. The van der Waals surface area contributed by atoms with E-state index in [1.54, 1.807) is 0 Å². The highest BCUT2D eigenvalue weighted by Gasteiger charge is 2.33. The zero-order chi connectivity index (χ0) is 13.2. The molecular formula is C10H10BrF3N2O. The van der Waals surface area contributed by atoms with Gasteiger partial charge in [0.2, 0.25) is 0 Å². The quantitative estimate of drug-likeness (QED) is 0.845. The molecule has 0 heterocycles. The summed E-state index contributed by atoms with van der Waals surface area (Å²) in [4.78, 5) is 12.5. The minimum Gasteiger partial charge on any atom is -0.331 e. The molecule has 0 bridgehead atoms. The van der Waals surface area contributed by atoms with Crippen LogP contribution in [0.15, 0.2) is 22.7 Å². The van der Waals surface area contributed by atoms with Gasteiger partial charge in [-0.2, -0.15) is 13.2 Å².